The lowest BCUT2D eigenvalue weighted by molar-refractivity contribution is -0.113. The van der Waals surface area contributed by atoms with Gasteiger partial charge in [0.15, 0.2) is 11.6 Å². The molecule has 0 unspecified atom stereocenters. The molecule has 0 fully saturated rings. The fraction of sp³-hybridized carbons (Fsp3) is 0.188. The number of anilines is 1. The molecule has 0 spiro atoms. The number of nitrogens with one attached hydrogen (secondary N) is 1. The number of carbonyl (C=O) groups is 1. The van der Waals surface area contributed by atoms with E-state index in [0.717, 1.165) is 29.5 Å². The summed E-state index contributed by atoms with van der Waals surface area (Å²) in [7, 11) is 0. The van der Waals surface area contributed by atoms with E-state index in [4.69, 9.17) is 5.11 Å². The van der Waals surface area contributed by atoms with Crippen molar-refractivity contribution in [3.05, 3.63) is 59.2 Å². The van der Waals surface area contributed by atoms with Gasteiger partial charge < -0.3 is 10.4 Å². The minimum absolute atomic E-state index is 0.0772. The van der Waals surface area contributed by atoms with Crippen molar-refractivity contribution in [2.45, 2.75) is 18.4 Å². The Hall–Kier alpha value is -1.92. The molecule has 0 aliphatic carbocycles. The SMILES string of the molecule is Cc1ccc(CO)cc1NC(=O)CSc1ccc(F)c(F)c1. The van der Waals surface area contributed by atoms with Crippen LogP contribution in [0.5, 0.6) is 0 Å². The number of thioether (sulfide) groups is 1. The molecule has 6 heteroatoms. The average molecular weight is 323 g/mol. The molecule has 2 aromatic carbocycles. The van der Waals surface area contributed by atoms with Crippen LogP contribution in [0.25, 0.3) is 0 Å². The van der Waals surface area contributed by atoms with Gasteiger partial charge in [-0.05, 0) is 42.3 Å². The molecule has 0 bridgehead atoms. The van der Waals surface area contributed by atoms with Gasteiger partial charge in [0.25, 0.3) is 0 Å². The van der Waals surface area contributed by atoms with Gasteiger partial charge in [-0.2, -0.15) is 0 Å². The van der Waals surface area contributed by atoms with Crippen molar-refractivity contribution in [3.63, 3.8) is 0 Å². The Kier molecular flexibility index (Phi) is 5.51. The summed E-state index contributed by atoms with van der Waals surface area (Å²) in [6.07, 6.45) is 0. The highest BCUT2D eigenvalue weighted by Crippen LogP contribution is 2.22. The summed E-state index contributed by atoms with van der Waals surface area (Å²) in [4.78, 5) is 12.4. The molecule has 0 radical (unpaired) electrons. The van der Waals surface area contributed by atoms with E-state index in [1.807, 2.05) is 13.0 Å². The predicted molar refractivity (Wildman–Crippen MR) is 82.8 cm³/mol. The van der Waals surface area contributed by atoms with Gasteiger partial charge in [0.05, 0.1) is 12.4 Å². The quantitative estimate of drug-likeness (QED) is 0.828. The third-order valence-corrected chi connectivity index (χ3v) is 4.01. The lowest BCUT2D eigenvalue weighted by atomic mass is 10.1. The fourth-order valence-corrected chi connectivity index (χ4v) is 2.52. The molecule has 0 aliphatic rings. The monoisotopic (exact) mass is 323 g/mol. The zero-order chi connectivity index (χ0) is 16.1. The Morgan fingerprint density at radius 1 is 1.18 bits per heavy atom. The summed E-state index contributed by atoms with van der Waals surface area (Å²) >= 11 is 1.12. The number of hydrogen-bond acceptors (Lipinski definition) is 3. The van der Waals surface area contributed by atoms with E-state index in [1.165, 1.54) is 6.07 Å². The fourth-order valence-electron chi connectivity index (χ4n) is 1.80. The maximum atomic E-state index is 13.1. The molecule has 2 rings (SSSR count). The molecule has 3 nitrogen and oxygen atoms in total. The highest BCUT2D eigenvalue weighted by Gasteiger charge is 2.08. The van der Waals surface area contributed by atoms with E-state index in [-0.39, 0.29) is 18.3 Å². The Morgan fingerprint density at radius 3 is 2.64 bits per heavy atom. The summed E-state index contributed by atoms with van der Waals surface area (Å²) in [5, 5.41) is 11.8. The molecule has 2 N–H and O–H groups in total. The third-order valence-electron chi connectivity index (χ3n) is 3.02. The molecule has 0 heterocycles. The average Bonchev–Trinajstić information content (AvgIpc) is 2.50. The van der Waals surface area contributed by atoms with Crippen LogP contribution in [0.3, 0.4) is 0 Å². The molecule has 0 saturated heterocycles. The summed E-state index contributed by atoms with van der Waals surface area (Å²) in [5.74, 6) is -2.02. The number of aryl methyl sites for hydroxylation is 1. The highest BCUT2D eigenvalue weighted by atomic mass is 32.2. The second-order valence-electron chi connectivity index (χ2n) is 4.72. The van der Waals surface area contributed by atoms with Gasteiger partial charge in [-0.3, -0.25) is 4.79 Å². The minimum Gasteiger partial charge on any atom is -0.392 e. The van der Waals surface area contributed by atoms with Gasteiger partial charge in [-0.25, -0.2) is 8.78 Å². The number of carbonyl (C=O) groups excluding carboxylic acids is 1. The smallest absolute Gasteiger partial charge is 0.234 e. The van der Waals surface area contributed by atoms with Crippen LogP contribution in [0, 0.1) is 18.6 Å². The van der Waals surface area contributed by atoms with Gasteiger partial charge >= 0.3 is 0 Å². The predicted octanol–water partition coefficient (Wildman–Crippen LogP) is 3.50. The summed E-state index contributed by atoms with van der Waals surface area (Å²) < 4.78 is 25.9. The Bertz CT molecular complexity index is 692. The van der Waals surface area contributed by atoms with Crippen LogP contribution < -0.4 is 5.32 Å². The van der Waals surface area contributed by atoms with Gasteiger partial charge in [0, 0.05) is 10.6 Å². The molecular formula is C16H15F2NO2S. The van der Waals surface area contributed by atoms with Crippen LogP contribution in [-0.2, 0) is 11.4 Å². The van der Waals surface area contributed by atoms with Gasteiger partial charge in [0.2, 0.25) is 5.91 Å². The molecular weight excluding hydrogens is 308 g/mol. The van der Waals surface area contributed by atoms with E-state index in [0.29, 0.717) is 16.1 Å². The summed E-state index contributed by atoms with van der Waals surface area (Å²) in [6.45, 7) is 1.74. The van der Waals surface area contributed by atoms with Gasteiger partial charge in [-0.15, -0.1) is 11.8 Å². The van der Waals surface area contributed by atoms with Crippen LogP contribution in [0.1, 0.15) is 11.1 Å². The number of halogens is 2. The topological polar surface area (TPSA) is 49.3 Å². The van der Waals surface area contributed by atoms with Crippen molar-refractivity contribution in [1.82, 2.24) is 0 Å². The Morgan fingerprint density at radius 2 is 1.95 bits per heavy atom. The second kappa shape index (κ2) is 7.38. The maximum absolute atomic E-state index is 13.1. The number of aliphatic hydroxyl groups is 1. The van der Waals surface area contributed by atoms with E-state index >= 15 is 0 Å². The third kappa shape index (κ3) is 4.29. The number of hydrogen-bond donors (Lipinski definition) is 2. The van der Waals surface area contributed by atoms with Crippen LogP contribution >= 0.6 is 11.8 Å². The molecule has 0 atom stereocenters. The standard InChI is InChI=1S/C16H15F2NO2S/c1-10-2-3-11(8-20)6-15(10)19-16(21)9-22-12-4-5-13(17)14(18)7-12/h2-7,20H,8-9H2,1H3,(H,19,21). The number of rotatable bonds is 5. The van der Waals surface area contributed by atoms with E-state index in [1.54, 1.807) is 12.1 Å². The summed E-state index contributed by atoms with van der Waals surface area (Å²) in [6, 6.07) is 8.81. The van der Waals surface area contributed by atoms with Crippen molar-refractivity contribution >= 4 is 23.4 Å². The molecule has 0 saturated carbocycles. The zero-order valence-electron chi connectivity index (χ0n) is 11.9. The number of aliphatic hydroxyl groups excluding tert-OH is 1. The van der Waals surface area contributed by atoms with Crippen molar-refractivity contribution in [1.29, 1.82) is 0 Å². The zero-order valence-corrected chi connectivity index (χ0v) is 12.7. The van der Waals surface area contributed by atoms with E-state index in [9.17, 15) is 13.6 Å². The minimum atomic E-state index is -0.933. The molecule has 22 heavy (non-hydrogen) atoms. The molecule has 2 aromatic rings. The van der Waals surface area contributed by atoms with E-state index < -0.39 is 11.6 Å². The Balaban J connectivity index is 1.97. The van der Waals surface area contributed by atoms with Crippen LogP contribution in [-0.4, -0.2) is 16.8 Å². The normalized spacial score (nSPS) is 10.5. The van der Waals surface area contributed by atoms with Crippen LogP contribution in [0.15, 0.2) is 41.3 Å². The maximum Gasteiger partial charge on any atom is 0.234 e. The van der Waals surface area contributed by atoms with Crippen LogP contribution in [0.2, 0.25) is 0 Å². The summed E-state index contributed by atoms with van der Waals surface area (Å²) in [5.41, 5.74) is 2.21. The van der Waals surface area contributed by atoms with E-state index in [2.05, 4.69) is 5.32 Å². The van der Waals surface area contributed by atoms with Crippen LogP contribution in [0.4, 0.5) is 14.5 Å². The highest BCUT2D eigenvalue weighted by molar-refractivity contribution is 8.00. The van der Waals surface area contributed by atoms with Gasteiger partial charge in [-0.1, -0.05) is 12.1 Å². The lowest BCUT2D eigenvalue weighted by Crippen LogP contribution is -2.15. The van der Waals surface area contributed by atoms with Crippen molar-refractivity contribution in [2.75, 3.05) is 11.1 Å². The first-order chi connectivity index (χ1) is 10.5. The first-order valence-corrected chi connectivity index (χ1v) is 7.56. The number of amides is 1. The molecule has 116 valence electrons. The van der Waals surface area contributed by atoms with Crippen molar-refractivity contribution in [2.24, 2.45) is 0 Å². The number of benzene rings is 2. The lowest BCUT2D eigenvalue weighted by Gasteiger charge is -2.10. The second-order valence-corrected chi connectivity index (χ2v) is 5.77. The molecule has 1 amide bonds. The van der Waals surface area contributed by atoms with Crippen molar-refractivity contribution < 1.29 is 18.7 Å². The van der Waals surface area contributed by atoms with Crippen molar-refractivity contribution in [3.8, 4) is 0 Å². The largest absolute Gasteiger partial charge is 0.392 e. The Labute approximate surface area is 131 Å². The molecule has 0 aliphatic heterocycles. The molecule has 0 aromatic heterocycles. The first kappa shape index (κ1) is 16.5. The van der Waals surface area contributed by atoms with Gasteiger partial charge in [0.1, 0.15) is 0 Å². The first-order valence-electron chi connectivity index (χ1n) is 6.57.